The number of nitrogens with one attached hydrogen (secondary N) is 1. The maximum Gasteiger partial charge on any atom is 0.270 e. The van der Waals surface area contributed by atoms with Crippen LogP contribution in [0.2, 0.25) is 0 Å². The Morgan fingerprint density at radius 3 is 2.26 bits per heavy atom. The third-order valence-corrected chi connectivity index (χ3v) is 5.85. The van der Waals surface area contributed by atoms with Crippen LogP contribution >= 0.6 is 28.1 Å². The molecule has 2 aromatic carbocycles. The second kappa shape index (κ2) is 8.20. The summed E-state index contributed by atoms with van der Waals surface area (Å²) >= 11 is 8.62. The lowest BCUT2D eigenvalue weighted by molar-refractivity contribution is -0.122. The van der Waals surface area contributed by atoms with Crippen LogP contribution in [0.25, 0.3) is 11.8 Å². The number of benzene rings is 2. The van der Waals surface area contributed by atoms with E-state index in [4.69, 9.17) is 12.2 Å². The molecule has 1 fully saturated rings. The zero-order chi connectivity index (χ0) is 22.3. The number of hydrogen-bond acceptors (Lipinski definition) is 3. The molecule has 1 aliphatic heterocycles. The van der Waals surface area contributed by atoms with Crippen molar-refractivity contribution in [1.82, 2.24) is 9.88 Å². The number of amides is 2. The number of nitrogens with zero attached hydrogens (tertiary/aromatic N) is 2. The average Bonchev–Trinajstić information content (AvgIpc) is 3.00. The van der Waals surface area contributed by atoms with Crippen LogP contribution in [0.4, 0.5) is 10.1 Å². The highest BCUT2D eigenvalue weighted by molar-refractivity contribution is 9.10. The summed E-state index contributed by atoms with van der Waals surface area (Å²) in [7, 11) is 0. The van der Waals surface area contributed by atoms with Crippen LogP contribution in [-0.4, -0.2) is 21.5 Å². The van der Waals surface area contributed by atoms with Crippen molar-refractivity contribution in [1.29, 1.82) is 0 Å². The SMILES string of the molecule is Cc1cc(C=C2C(=O)NC(=S)N(c3ccc(F)cc3)C2=O)c(C)n1-c1ccc(Br)cc1. The van der Waals surface area contributed by atoms with E-state index >= 15 is 0 Å². The first-order valence-corrected chi connectivity index (χ1v) is 10.6. The Morgan fingerprint density at radius 1 is 1.00 bits per heavy atom. The molecule has 3 aromatic rings. The molecule has 156 valence electrons. The number of thiocarbonyl (C=S) groups is 1. The molecule has 0 atom stereocenters. The molecular weight excluding hydrogens is 481 g/mol. The largest absolute Gasteiger partial charge is 0.318 e. The van der Waals surface area contributed by atoms with Gasteiger partial charge in [-0.1, -0.05) is 15.9 Å². The summed E-state index contributed by atoms with van der Waals surface area (Å²) in [5.74, 6) is -1.56. The zero-order valence-electron chi connectivity index (χ0n) is 16.6. The number of carbonyl (C=O) groups is 2. The van der Waals surface area contributed by atoms with E-state index in [1.54, 1.807) is 6.08 Å². The number of carbonyl (C=O) groups excluding carboxylic acids is 2. The van der Waals surface area contributed by atoms with E-state index in [0.29, 0.717) is 5.69 Å². The number of aromatic nitrogens is 1. The van der Waals surface area contributed by atoms with Crippen molar-refractivity contribution in [3.8, 4) is 5.69 Å². The van der Waals surface area contributed by atoms with Crippen molar-refractivity contribution in [2.75, 3.05) is 4.90 Å². The third-order valence-electron chi connectivity index (χ3n) is 5.04. The zero-order valence-corrected chi connectivity index (χ0v) is 19.1. The Balaban J connectivity index is 1.75. The fourth-order valence-corrected chi connectivity index (χ4v) is 4.10. The first kappa shape index (κ1) is 21.1. The van der Waals surface area contributed by atoms with Gasteiger partial charge in [-0.25, -0.2) is 4.39 Å². The molecule has 0 spiro atoms. The van der Waals surface area contributed by atoms with Gasteiger partial charge in [0.2, 0.25) is 0 Å². The van der Waals surface area contributed by atoms with Crippen molar-refractivity contribution in [2.45, 2.75) is 13.8 Å². The van der Waals surface area contributed by atoms with Crippen LogP contribution < -0.4 is 10.2 Å². The van der Waals surface area contributed by atoms with Crippen molar-refractivity contribution < 1.29 is 14.0 Å². The van der Waals surface area contributed by atoms with Crippen LogP contribution in [0.3, 0.4) is 0 Å². The molecule has 2 amide bonds. The van der Waals surface area contributed by atoms with Gasteiger partial charge in [0.25, 0.3) is 11.8 Å². The Labute approximate surface area is 192 Å². The van der Waals surface area contributed by atoms with E-state index in [-0.39, 0.29) is 10.7 Å². The number of halogens is 2. The molecule has 1 aromatic heterocycles. The normalized spacial score (nSPS) is 15.5. The van der Waals surface area contributed by atoms with E-state index in [9.17, 15) is 14.0 Å². The second-order valence-corrected chi connectivity index (χ2v) is 8.37. The molecule has 1 N–H and O–H groups in total. The summed E-state index contributed by atoms with van der Waals surface area (Å²) in [6, 6.07) is 15.1. The van der Waals surface area contributed by atoms with Crippen LogP contribution in [0, 0.1) is 19.7 Å². The molecule has 2 heterocycles. The minimum atomic E-state index is -0.568. The molecule has 5 nitrogen and oxygen atoms in total. The maximum atomic E-state index is 13.3. The molecule has 4 rings (SSSR count). The van der Waals surface area contributed by atoms with Crippen LogP contribution in [0.1, 0.15) is 17.0 Å². The number of hydrogen-bond donors (Lipinski definition) is 1. The predicted octanol–water partition coefficient (Wildman–Crippen LogP) is 4.83. The van der Waals surface area contributed by atoms with Crippen molar-refractivity contribution >= 4 is 56.8 Å². The fraction of sp³-hybridized carbons (Fsp3) is 0.0870. The van der Waals surface area contributed by atoms with E-state index < -0.39 is 17.6 Å². The lowest BCUT2D eigenvalue weighted by Crippen LogP contribution is -2.54. The van der Waals surface area contributed by atoms with Gasteiger partial charge in [0.05, 0.1) is 5.69 Å². The van der Waals surface area contributed by atoms with Gasteiger partial charge in [-0.3, -0.25) is 19.8 Å². The molecule has 0 aliphatic carbocycles. The molecule has 0 unspecified atom stereocenters. The molecule has 0 radical (unpaired) electrons. The first-order chi connectivity index (χ1) is 14.8. The summed E-state index contributed by atoms with van der Waals surface area (Å²) in [4.78, 5) is 26.9. The Bertz CT molecular complexity index is 1250. The highest BCUT2D eigenvalue weighted by atomic mass is 79.9. The number of rotatable bonds is 3. The molecule has 8 heteroatoms. The van der Waals surface area contributed by atoms with Crippen molar-refractivity contribution in [3.05, 3.63) is 87.4 Å². The first-order valence-electron chi connectivity index (χ1n) is 9.38. The van der Waals surface area contributed by atoms with Gasteiger partial charge in [-0.05, 0) is 92.3 Å². The van der Waals surface area contributed by atoms with E-state index in [0.717, 1.165) is 27.1 Å². The highest BCUT2D eigenvalue weighted by Crippen LogP contribution is 2.26. The quantitative estimate of drug-likeness (QED) is 0.320. The Morgan fingerprint density at radius 2 is 1.61 bits per heavy atom. The second-order valence-electron chi connectivity index (χ2n) is 7.07. The predicted molar refractivity (Wildman–Crippen MR) is 126 cm³/mol. The van der Waals surface area contributed by atoms with Gasteiger partial charge in [-0.2, -0.15) is 0 Å². The summed E-state index contributed by atoms with van der Waals surface area (Å²) in [5, 5.41) is 2.50. The van der Waals surface area contributed by atoms with Gasteiger partial charge in [0.15, 0.2) is 5.11 Å². The molecule has 1 aliphatic rings. The van der Waals surface area contributed by atoms with E-state index in [1.165, 1.54) is 29.2 Å². The van der Waals surface area contributed by atoms with Crippen LogP contribution in [0.5, 0.6) is 0 Å². The molecule has 0 saturated carbocycles. The standard InChI is InChI=1S/C23H17BrFN3O2S/c1-13-11-15(14(2)27(13)18-7-3-16(24)4-8-18)12-20-21(29)26-23(31)28(22(20)30)19-9-5-17(25)6-10-19/h3-12H,1-2H3,(H,26,29,31). The van der Waals surface area contributed by atoms with Gasteiger partial charge in [-0.15, -0.1) is 0 Å². The summed E-state index contributed by atoms with van der Waals surface area (Å²) in [5.41, 5.74) is 3.88. The van der Waals surface area contributed by atoms with E-state index in [1.807, 2.05) is 48.7 Å². The van der Waals surface area contributed by atoms with Crippen LogP contribution in [-0.2, 0) is 9.59 Å². The van der Waals surface area contributed by atoms with Gasteiger partial charge in [0.1, 0.15) is 11.4 Å². The van der Waals surface area contributed by atoms with Gasteiger partial charge < -0.3 is 4.57 Å². The average molecular weight is 498 g/mol. The monoisotopic (exact) mass is 497 g/mol. The minimum Gasteiger partial charge on any atom is -0.318 e. The lowest BCUT2D eigenvalue weighted by Gasteiger charge is -2.28. The number of aryl methyl sites for hydroxylation is 1. The Kier molecular flexibility index (Phi) is 5.60. The van der Waals surface area contributed by atoms with Crippen LogP contribution in [0.15, 0.2) is 64.6 Å². The van der Waals surface area contributed by atoms with Gasteiger partial charge in [0, 0.05) is 21.5 Å². The summed E-state index contributed by atoms with van der Waals surface area (Å²) in [6.07, 6.45) is 1.56. The fourth-order valence-electron chi connectivity index (χ4n) is 3.56. The minimum absolute atomic E-state index is 0.0425. The molecule has 1 saturated heterocycles. The van der Waals surface area contributed by atoms with Crippen molar-refractivity contribution in [3.63, 3.8) is 0 Å². The van der Waals surface area contributed by atoms with E-state index in [2.05, 4.69) is 21.2 Å². The van der Waals surface area contributed by atoms with Crippen molar-refractivity contribution in [2.24, 2.45) is 0 Å². The number of anilines is 1. The smallest absolute Gasteiger partial charge is 0.270 e. The molecule has 0 bridgehead atoms. The van der Waals surface area contributed by atoms with Gasteiger partial charge >= 0.3 is 0 Å². The maximum absolute atomic E-state index is 13.3. The highest BCUT2D eigenvalue weighted by Gasteiger charge is 2.34. The third kappa shape index (κ3) is 3.96. The lowest BCUT2D eigenvalue weighted by atomic mass is 10.1. The topological polar surface area (TPSA) is 54.3 Å². The Hall–Kier alpha value is -3.10. The summed E-state index contributed by atoms with van der Waals surface area (Å²) in [6.45, 7) is 3.88. The molecular formula is C23H17BrFN3O2S. The summed E-state index contributed by atoms with van der Waals surface area (Å²) < 4.78 is 16.3. The molecule has 31 heavy (non-hydrogen) atoms.